The summed E-state index contributed by atoms with van der Waals surface area (Å²) in [4.78, 5) is 25.6. The average Bonchev–Trinajstić information content (AvgIpc) is 3.47. The van der Waals surface area contributed by atoms with Crippen molar-refractivity contribution < 1.29 is 36.6 Å². The van der Waals surface area contributed by atoms with Crippen LogP contribution >= 0.6 is 0 Å². The van der Waals surface area contributed by atoms with Gasteiger partial charge in [-0.2, -0.15) is 0 Å². The van der Waals surface area contributed by atoms with E-state index in [9.17, 15) is 18.0 Å². The lowest BCUT2D eigenvalue weighted by Crippen LogP contribution is -2.45. The van der Waals surface area contributed by atoms with Crippen molar-refractivity contribution in [2.24, 2.45) is 5.41 Å². The van der Waals surface area contributed by atoms with Gasteiger partial charge in [0.2, 0.25) is 0 Å². The predicted molar refractivity (Wildman–Crippen MR) is 155 cm³/mol. The zero-order valence-corrected chi connectivity index (χ0v) is 24.0. The lowest BCUT2D eigenvalue weighted by atomic mass is 9.86. The molecule has 0 spiro atoms. The molecule has 1 atom stereocenters. The molecule has 11 heteroatoms. The van der Waals surface area contributed by atoms with Crippen molar-refractivity contribution >= 4 is 27.7 Å². The number of furan rings is 1. The smallest absolute Gasteiger partial charge is 0.429 e. The van der Waals surface area contributed by atoms with Gasteiger partial charge in [-0.25, -0.2) is 17.9 Å². The molecular formula is C31H32N2O8S. The molecule has 1 heterocycles. The summed E-state index contributed by atoms with van der Waals surface area (Å²) in [5.41, 5.74) is 0.970. The first-order valence-corrected chi connectivity index (χ1v) is 14.6. The SMILES string of the molecule is CC(C)(COCc1ccccc1)C(OCc1ccccc1)C(=O)Nc1ccccc1S(=O)(=O)NC(=O)Oc1ccco1. The summed E-state index contributed by atoms with van der Waals surface area (Å²) in [5.74, 6) is -0.764. The maximum Gasteiger partial charge on any atom is 0.429 e. The van der Waals surface area contributed by atoms with Crippen LogP contribution in [0.5, 0.6) is 5.95 Å². The van der Waals surface area contributed by atoms with Gasteiger partial charge in [-0.1, -0.05) is 86.6 Å². The molecule has 3 aromatic carbocycles. The summed E-state index contributed by atoms with van der Waals surface area (Å²) in [6.45, 7) is 4.33. The topological polar surface area (TPSA) is 133 Å². The minimum absolute atomic E-state index is 0.0462. The highest BCUT2D eigenvalue weighted by Gasteiger charge is 2.37. The van der Waals surface area contributed by atoms with Gasteiger partial charge in [0.25, 0.3) is 21.9 Å². The van der Waals surface area contributed by atoms with E-state index >= 15 is 0 Å². The first-order valence-electron chi connectivity index (χ1n) is 13.1. The number of carbonyl (C=O) groups excluding carboxylic acids is 2. The highest BCUT2D eigenvalue weighted by Crippen LogP contribution is 2.29. The molecule has 1 unspecified atom stereocenters. The Morgan fingerprint density at radius 1 is 0.833 bits per heavy atom. The van der Waals surface area contributed by atoms with Gasteiger partial charge in [0.05, 0.1) is 31.8 Å². The molecule has 1 aromatic heterocycles. The molecule has 4 aromatic rings. The van der Waals surface area contributed by atoms with E-state index in [2.05, 4.69) is 5.32 Å². The predicted octanol–water partition coefficient (Wildman–Crippen LogP) is 5.52. The Kier molecular flexibility index (Phi) is 10.1. The number of sulfonamides is 1. The molecule has 4 rings (SSSR count). The zero-order valence-electron chi connectivity index (χ0n) is 23.2. The molecule has 220 valence electrons. The lowest BCUT2D eigenvalue weighted by molar-refractivity contribution is -0.141. The molecule has 2 amide bonds. The standard InChI is InChI=1S/C31H32N2O8S/c1-31(2,22-38-20-23-12-5-3-6-13-23)28(40-21-24-14-7-4-8-15-24)29(34)32-25-16-9-10-17-26(25)42(36,37)33-30(35)41-27-18-11-19-39-27/h3-19,28H,20-22H2,1-2H3,(H,32,34)(H,33,35). The Balaban J connectivity index is 1.51. The van der Waals surface area contributed by atoms with E-state index in [0.29, 0.717) is 6.61 Å². The van der Waals surface area contributed by atoms with Gasteiger partial charge in [-0.05, 0) is 29.3 Å². The van der Waals surface area contributed by atoms with Crippen molar-refractivity contribution in [1.82, 2.24) is 4.72 Å². The van der Waals surface area contributed by atoms with E-state index in [-0.39, 0.29) is 29.7 Å². The lowest BCUT2D eigenvalue weighted by Gasteiger charge is -2.33. The van der Waals surface area contributed by atoms with Gasteiger partial charge in [-0.3, -0.25) is 4.79 Å². The Morgan fingerprint density at radius 3 is 2.10 bits per heavy atom. The molecule has 0 fully saturated rings. The van der Waals surface area contributed by atoms with Crippen molar-refractivity contribution in [3.8, 4) is 5.95 Å². The Labute approximate surface area is 244 Å². The highest BCUT2D eigenvalue weighted by atomic mass is 32.2. The highest BCUT2D eigenvalue weighted by molar-refractivity contribution is 7.90. The molecule has 42 heavy (non-hydrogen) atoms. The van der Waals surface area contributed by atoms with Crippen LogP contribution in [-0.2, 0) is 37.5 Å². The van der Waals surface area contributed by atoms with Crippen LogP contribution in [0.3, 0.4) is 0 Å². The van der Waals surface area contributed by atoms with E-state index < -0.39 is 33.5 Å². The monoisotopic (exact) mass is 592 g/mol. The second-order valence-electron chi connectivity index (χ2n) is 10.1. The Bertz CT molecular complexity index is 1560. The van der Waals surface area contributed by atoms with Gasteiger partial charge >= 0.3 is 6.09 Å². The van der Waals surface area contributed by atoms with Crippen LogP contribution in [0, 0.1) is 5.41 Å². The maximum atomic E-state index is 13.7. The number of hydrogen-bond acceptors (Lipinski definition) is 8. The summed E-state index contributed by atoms with van der Waals surface area (Å²) < 4.78 is 49.8. The van der Waals surface area contributed by atoms with Gasteiger partial charge in [-0.15, -0.1) is 0 Å². The number of carbonyl (C=O) groups is 2. The van der Waals surface area contributed by atoms with Crippen molar-refractivity contribution in [1.29, 1.82) is 0 Å². The first kappa shape index (κ1) is 30.5. The summed E-state index contributed by atoms with van der Waals surface area (Å²) in [6.07, 6.45) is -1.04. The van der Waals surface area contributed by atoms with Crippen molar-refractivity contribution in [3.05, 3.63) is 114 Å². The molecule has 2 N–H and O–H groups in total. The normalized spacial score (nSPS) is 12.3. The zero-order chi connectivity index (χ0) is 30.0. The van der Waals surface area contributed by atoms with Gasteiger partial charge in [0.15, 0.2) is 0 Å². The average molecular weight is 593 g/mol. The quantitative estimate of drug-likeness (QED) is 0.207. The van der Waals surface area contributed by atoms with E-state index in [0.717, 1.165) is 11.1 Å². The van der Waals surface area contributed by atoms with Crippen LogP contribution in [0.2, 0.25) is 0 Å². The number of para-hydroxylation sites is 1. The second-order valence-corrected chi connectivity index (χ2v) is 11.7. The van der Waals surface area contributed by atoms with Gasteiger partial charge in [0, 0.05) is 11.5 Å². The third-order valence-electron chi connectivity index (χ3n) is 6.13. The molecule has 0 bridgehead atoms. The molecular weight excluding hydrogens is 560 g/mol. The summed E-state index contributed by atoms with van der Waals surface area (Å²) in [5, 5.41) is 2.68. The molecule has 0 aliphatic heterocycles. The van der Waals surface area contributed by atoms with Crippen LogP contribution < -0.4 is 14.8 Å². The number of rotatable bonds is 13. The molecule has 10 nitrogen and oxygen atoms in total. The van der Waals surface area contributed by atoms with E-state index in [1.807, 2.05) is 79.2 Å². The molecule has 0 aliphatic rings. The van der Waals surface area contributed by atoms with Crippen LogP contribution in [0.25, 0.3) is 0 Å². The number of ether oxygens (including phenoxy) is 3. The summed E-state index contributed by atoms with van der Waals surface area (Å²) >= 11 is 0. The molecule has 0 aliphatic carbocycles. The first-order chi connectivity index (χ1) is 20.1. The molecule has 0 saturated carbocycles. The second kappa shape index (κ2) is 13.9. The Morgan fingerprint density at radius 2 is 1.45 bits per heavy atom. The fourth-order valence-electron chi connectivity index (χ4n) is 4.09. The largest absolute Gasteiger partial charge is 0.434 e. The fourth-order valence-corrected chi connectivity index (χ4v) is 5.13. The number of benzene rings is 3. The third kappa shape index (κ3) is 8.53. The minimum Gasteiger partial charge on any atom is -0.434 e. The molecule has 0 radical (unpaired) electrons. The van der Waals surface area contributed by atoms with Crippen LogP contribution in [-0.4, -0.2) is 33.1 Å². The minimum atomic E-state index is -4.45. The van der Waals surface area contributed by atoms with E-state index in [1.54, 1.807) is 6.07 Å². The van der Waals surface area contributed by atoms with Gasteiger partial charge < -0.3 is 23.9 Å². The Hall–Kier alpha value is -4.45. The summed E-state index contributed by atoms with van der Waals surface area (Å²) in [6, 6.07) is 27.5. The van der Waals surface area contributed by atoms with Gasteiger partial charge in [0.1, 0.15) is 11.0 Å². The van der Waals surface area contributed by atoms with E-state index in [1.165, 1.54) is 36.6 Å². The summed E-state index contributed by atoms with van der Waals surface area (Å²) in [7, 11) is -4.45. The maximum absolute atomic E-state index is 13.7. The number of anilines is 1. The van der Waals surface area contributed by atoms with Crippen LogP contribution in [0.4, 0.5) is 10.5 Å². The number of nitrogens with one attached hydrogen (secondary N) is 2. The van der Waals surface area contributed by atoms with E-state index in [4.69, 9.17) is 18.6 Å². The van der Waals surface area contributed by atoms with Crippen LogP contribution in [0.15, 0.2) is 113 Å². The molecule has 0 saturated heterocycles. The number of hydrogen-bond donors (Lipinski definition) is 2. The van der Waals surface area contributed by atoms with Crippen LogP contribution in [0.1, 0.15) is 25.0 Å². The van der Waals surface area contributed by atoms with Crippen molar-refractivity contribution in [2.45, 2.75) is 38.1 Å². The van der Waals surface area contributed by atoms with Crippen molar-refractivity contribution in [3.63, 3.8) is 0 Å². The third-order valence-corrected chi connectivity index (χ3v) is 7.50. The number of amides is 2. The fraction of sp³-hybridized carbons (Fsp3) is 0.226. The van der Waals surface area contributed by atoms with Crippen molar-refractivity contribution in [2.75, 3.05) is 11.9 Å².